The second kappa shape index (κ2) is 28.7. The number of hydrogen-bond donors (Lipinski definition) is 6. The first-order valence-corrected chi connectivity index (χ1v) is 34.6. The molecular formula is C79H81N3O23. The molecule has 6 aromatic carbocycles. The van der Waals surface area contributed by atoms with Crippen molar-refractivity contribution in [2.24, 2.45) is 28.6 Å². The molecule has 6 N–H and O–H groups in total. The third-order valence-electron chi connectivity index (χ3n) is 22.1. The zero-order valence-electron chi connectivity index (χ0n) is 58.9. The molecule has 4 aliphatic carbocycles. The summed E-state index contributed by atoms with van der Waals surface area (Å²) < 4.78 is 66.4. The molecule has 0 aromatic heterocycles. The molecule has 13 rings (SSSR count). The van der Waals surface area contributed by atoms with E-state index in [1.807, 2.05) is 12.1 Å². The van der Waals surface area contributed by atoms with Crippen LogP contribution < -0.4 is 34.9 Å². The van der Waals surface area contributed by atoms with E-state index < -0.39 is 161 Å². The number of Topliss-reactive ketones (excluding diaryl/α,β-unsaturated/α-hetero) is 1. The number of anilines is 1. The van der Waals surface area contributed by atoms with Gasteiger partial charge in [-0.2, -0.15) is 0 Å². The van der Waals surface area contributed by atoms with Crippen molar-refractivity contribution >= 4 is 59.1 Å². The predicted molar refractivity (Wildman–Crippen MR) is 369 cm³/mol. The summed E-state index contributed by atoms with van der Waals surface area (Å²) in [6, 6.07) is 35.7. The van der Waals surface area contributed by atoms with E-state index in [1.54, 1.807) is 115 Å². The molecule has 7 aliphatic rings. The van der Waals surface area contributed by atoms with Crippen molar-refractivity contribution in [1.29, 1.82) is 0 Å². The number of cyclic esters (lactones) is 1. The van der Waals surface area contributed by atoms with Crippen LogP contribution in [-0.4, -0.2) is 157 Å². The number of aliphatic hydroxyl groups is 2. The molecule has 0 radical (unpaired) electrons. The second-order valence-electron chi connectivity index (χ2n) is 28.3. The second-order valence-corrected chi connectivity index (χ2v) is 28.3. The molecule has 2 amide bonds. The summed E-state index contributed by atoms with van der Waals surface area (Å²) in [7, 11) is 2.84. The van der Waals surface area contributed by atoms with E-state index in [4.69, 9.17) is 52.1 Å². The van der Waals surface area contributed by atoms with Crippen LogP contribution in [0.1, 0.15) is 139 Å². The smallest absolute Gasteiger partial charge is 0.338 e. The summed E-state index contributed by atoms with van der Waals surface area (Å²) in [6.07, 6.45) is -11.8. The van der Waals surface area contributed by atoms with Crippen molar-refractivity contribution in [2.75, 3.05) is 46.1 Å². The van der Waals surface area contributed by atoms with Crippen molar-refractivity contribution in [3.8, 4) is 28.7 Å². The number of amides is 2. The summed E-state index contributed by atoms with van der Waals surface area (Å²) in [5.41, 5.74) is -5.02. The van der Waals surface area contributed by atoms with E-state index in [9.17, 15) is 53.7 Å². The molecule has 3 heterocycles. The zero-order valence-corrected chi connectivity index (χ0v) is 58.9. The predicted octanol–water partition coefficient (Wildman–Crippen LogP) is 8.04. The molecule has 550 valence electrons. The molecular weight excluding hydrogens is 1360 g/mol. The van der Waals surface area contributed by atoms with Crippen LogP contribution in [0.4, 0.5) is 5.69 Å². The Morgan fingerprint density at radius 1 is 0.714 bits per heavy atom. The number of ether oxygens (including phenoxy) is 11. The molecule has 2 saturated carbocycles. The van der Waals surface area contributed by atoms with E-state index >= 15 is 4.79 Å². The van der Waals surface area contributed by atoms with Crippen molar-refractivity contribution < 1.29 is 111 Å². The number of rotatable bonds is 21. The largest absolute Gasteiger partial charge is 0.502 e. The quantitative estimate of drug-likeness (QED) is 0.0172. The highest BCUT2D eigenvalue weighted by Gasteiger charge is 2.79. The van der Waals surface area contributed by atoms with Gasteiger partial charge < -0.3 is 83.4 Å². The van der Waals surface area contributed by atoms with Gasteiger partial charge in [-0.25, -0.2) is 9.59 Å². The lowest BCUT2D eigenvalue weighted by Crippen LogP contribution is -2.82. The minimum Gasteiger partial charge on any atom is -0.502 e. The summed E-state index contributed by atoms with van der Waals surface area (Å²) in [4.78, 5) is 130. The lowest BCUT2D eigenvalue weighted by molar-refractivity contribution is -0.346. The van der Waals surface area contributed by atoms with E-state index in [1.165, 1.54) is 54.0 Å². The lowest BCUT2D eigenvalue weighted by Gasteiger charge is -2.67. The first-order chi connectivity index (χ1) is 50.2. The van der Waals surface area contributed by atoms with Crippen LogP contribution in [0.3, 0.4) is 0 Å². The minimum atomic E-state index is -2.56. The molecule has 0 spiro atoms. The molecule has 2 bridgehead atoms. The average molecular weight is 1440 g/mol. The van der Waals surface area contributed by atoms with Gasteiger partial charge in [0, 0.05) is 73.7 Å². The maximum Gasteiger partial charge on any atom is 0.338 e. The molecule has 26 heteroatoms. The Labute approximate surface area is 603 Å². The van der Waals surface area contributed by atoms with Crippen LogP contribution in [0.15, 0.2) is 151 Å². The normalized spacial score (nSPS) is 27.7. The maximum atomic E-state index is 16.6. The van der Waals surface area contributed by atoms with Crippen molar-refractivity contribution in [3.05, 3.63) is 190 Å². The summed E-state index contributed by atoms with van der Waals surface area (Å²) in [5.74, 6) is -9.85. The first kappa shape index (κ1) is 72.5. The number of aromatic hydroxyl groups is 1. The zero-order chi connectivity index (χ0) is 74.6. The summed E-state index contributed by atoms with van der Waals surface area (Å²) >= 11 is 0. The van der Waals surface area contributed by atoms with Gasteiger partial charge in [-0.05, 0) is 126 Å². The van der Waals surface area contributed by atoms with Crippen LogP contribution in [0, 0.1) is 28.6 Å². The number of esters is 6. The highest BCUT2D eigenvalue weighted by Crippen LogP contribution is 2.65. The third kappa shape index (κ3) is 13.0. The minimum absolute atomic E-state index is 0.00360. The fourth-order valence-corrected chi connectivity index (χ4v) is 16.8. The fourth-order valence-electron chi connectivity index (χ4n) is 16.8. The van der Waals surface area contributed by atoms with Gasteiger partial charge in [-0.1, -0.05) is 80.6 Å². The lowest BCUT2D eigenvalue weighted by atomic mass is 9.44. The van der Waals surface area contributed by atoms with Gasteiger partial charge in [0.2, 0.25) is 12.5 Å². The topological polar surface area (TPSA) is 352 Å². The van der Waals surface area contributed by atoms with Gasteiger partial charge >= 0.3 is 35.8 Å². The molecule has 15 atom stereocenters. The van der Waals surface area contributed by atoms with Gasteiger partial charge in [0.25, 0.3) is 11.8 Å². The summed E-state index contributed by atoms with van der Waals surface area (Å²) in [5, 5.41) is 46.4. The molecule has 4 fully saturated rings. The van der Waals surface area contributed by atoms with Crippen molar-refractivity contribution in [1.82, 2.24) is 10.6 Å². The Bertz CT molecular complexity index is 4430. The van der Waals surface area contributed by atoms with Crippen molar-refractivity contribution in [2.45, 2.75) is 133 Å². The number of methoxy groups -OCH3 is 2. The van der Waals surface area contributed by atoms with E-state index in [-0.39, 0.29) is 84.3 Å². The Kier molecular flexibility index (Phi) is 19.8. The Hall–Kier alpha value is -10.8. The number of carbonyl (C=O) groups is 9. The van der Waals surface area contributed by atoms with E-state index in [2.05, 4.69) is 16.0 Å². The van der Waals surface area contributed by atoms with Gasteiger partial charge in [0.15, 0.2) is 46.6 Å². The number of benzene rings is 6. The average Bonchev–Trinajstić information content (AvgIpc) is 1.36. The number of ketones is 1. The number of nitrogens with one attached hydrogen (secondary N) is 3. The van der Waals surface area contributed by atoms with Crippen LogP contribution in [0.5, 0.6) is 28.7 Å². The van der Waals surface area contributed by atoms with Crippen LogP contribution in [-0.2, 0) is 61.9 Å². The van der Waals surface area contributed by atoms with Crippen LogP contribution >= 0.6 is 0 Å². The number of aliphatic hydroxyl groups excluding tert-OH is 1. The van der Waals surface area contributed by atoms with Crippen LogP contribution in [0.25, 0.3) is 0 Å². The Balaban J connectivity index is 0.766. The van der Waals surface area contributed by atoms with E-state index in [0.717, 1.165) is 25.0 Å². The number of carbonyl (C=O) groups excluding carboxylic acids is 9. The molecule has 6 aromatic rings. The molecule has 3 aliphatic heterocycles. The van der Waals surface area contributed by atoms with Crippen molar-refractivity contribution in [3.63, 3.8) is 0 Å². The maximum absolute atomic E-state index is 16.6. The molecule has 26 nitrogen and oxygen atoms in total. The molecule has 105 heavy (non-hydrogen) atoms. The number of fused-ring (bicyclic) bond motifs is 8. The fraction of sp³-hybridized carbons (Fsp3) is 0.405. The van der Waals surface area contributed by atoms with E-state index in [0.29, 0.717) is 28.3 Å². The third-order valence-corrected chi connectivity index (χ3v) is 22.1. The monoisotopic (exact) mass is 1440 g/mol. The highest BCUT2D eigenvalue weighted by molar-refractivity contribution is 5.97. The first-order valence-electron chi connectivity index (χ1n) is 34.6. The summed E-state index contributed by atoms with van der Waals surface area (Å²) in [6.45, 7) is 7.73. The molecule has 0 unspecified atom stereocenters. The van der Waals surface area contributed by atoms with Gasteiger partial charge in [0.1, 0.15) is 30.0 Å². The van der Waals surface area contributed by atoms with Gasteiger partial charge in [-0.3, -0.25) is 33.6 Å². The van der Waals surface area contributed by atoms with Gasteiger partial charge in [-0.15, -0.1) is 0 Å². The van der Waals surface area contributed by atoms with Gasteiger partial charge in [0.05, 0.1) is 62.3 Å². The number of phenolic OH excluding ortho intramolecular Hbond substituents is 1. The van der Waals surface area contributed by atoms with Crippen LogP contribution in [0.2, 0.25) is 0 Å². The Morgan fingerprint density at radius 3 is 1.94 bits per heavy atom. The standard InChI is InChI=1S/C79H81N3O23/c1-40-56(102-75(93)66(87)63(43-19-12-9-13-20-43)82-72(90)44-21-14-10-15-22-44)36-79(94)70(104-73(91)46-23-16-11-17-24-46)68-77(6,69(88)67(101-41(2)83)62(40)76(79,4)5)57(35-58-78(68,38-98-58)105-42(3)84)103-59(85)25-18-30-80-71(89)45-26-28-48(29-27-45)81-64-50-34-53-52(99-39-100-53)33-49(50)60(61-51(64)37-97-74(61)92)47-31-54(95-7)65(86)55(32-47)96-8/h9-17,19-24,26-29,31-34,51,56-58,60-61,63-64,66-68,70,81,86-87,94H,18,25,30,35-39H2,1-8H3,(H,80,89)(H,82,90)/t51-,56-,57-,58+,60+,61-,63-,64+,66+,67+,68-,70-,77+,78-,79+/m0/s1. The molecule has 2 saturated heterocycles. The highest BCUT2D eigenvalue weighted by atomic mass is 16.7. The SMILES string of the molecule is COc1cc([C@@H]2c3cc4c(cc3[C@@H](Nc3ccc(C(=O)NCCCC(=O)O[C@H]5C[C@H]6OC[C@@]6(OC(C)=O)[C@H]6[C@H](OC(=O)c7ccccc7)[C@]7(O)C[C@H](OC(=O)[C@H](O)[C@@H](NC(=O)c8ccccc8)c8ccccc8)C(C)=C([C@@H](OC(C)=O)C(=O)[C@]56C)C7(C)C)cc3)[C@H]3COC(=O)[C@H]23)OCO4)cc(OC)c1O. The Morgan fingerprint density at radius 2 is 1.33 bits per heavy atom. The number of phenols is 1. The number of hydrogen-bond acceptors (Lipinski definition) is 24.